The Morgan fingerprint density at radius 2 is 2.24 bits per heavy atom. The van der Waals surface area contributed by atoms with Gasteiger partial charge in [0.2, 0.25) is 0 Å². The molecule has 1 aromatic rings. The normalized spacial score (nSPS) is 21.4. The minimum atomic E-state index is -0.957. The van der Waals surface area contributed by atoms with Crippen LogP contribution >= 0.6 is 27.7 Å². The zero-order valence-electron chi connectivity index (χ0n) is 11.8. The smallest absolute Gasteiger partial charge is 0.327 e. The molecule has 21 heavy (non-hydrogen) atoms. The van der Waals surface area contributed by atoms with E-state index in [1.54, 1.807) is 6.07 Å². The van der Waals surface area contributed by atoms with E-state index in [0.29, 0.717) is 11.4 Å². The number of rotatable bonds is 3. The predicted octanol–water partition coefficient (Wildman–Crippen LogP) is 3.53. The Kier molecular flexibility index (Phi) is 5.16. The van der Waals surface area contributed by atoms with Crippen LogP contribution in [0.5, 0.6) is 0 Å². The van der Waals surface area contributed by atoms with Crippen LogP contribution in [0.3, 0.4) is 0 Å². The van der Waals surface area contributed by atoms with Gasteiger partial charge < -0.3 is 10.4 Å². The fourth-order valence-corrected chi connectivity index (χ4v) is 4.11. The number of amides is 2. The second-order valence-electron chi connectivity index (χ2n) is 4.85. The summed E-state index contributed by atoms with van der Waals surface area (Å²) in [5.41, 5.74) is 1.61. The van der Waals surface area contributed by atoms with Crippen LogP contribution in [-0.2, 0) is 4.79 Å². The molecule has 0 saturated carbocycles. The van der Waals surface area contributed by atoms with Gasteiger partial charge in [-0.15, -0.1) is 11.8 Å². The summed E-state index contributed by atoms with van der Waals surface area (Å²) in [5, 5.41) is 12.0. The third kappa shape index (κ3) is 3.52. The van der Waals surface area contributed by atoms with Gasteiger partial charge in [-0.1, -0.05) is 22.9 Å². The number of nitrogens with zero attached hydrogens (tertiary/aromatic N) is 1. The van der Waals surface area contributed by atoms with E-state index in [-0.39, 0.29) is 11.4 Å². The standard InChI is InChI=1S/C14H17BrN2O3S/c1-3-12-17(11(7-21-12)13(18)19)14(20)16-10-5-4-9(15)6-8(10)2/h4-6,11-12H,3,7H2,1-2H3,(H,16,20)(H,18,19). The van der Waals surface area contributed by atoms with E-state index < -0.39 is 12.0 Å². The Bertz CT molecular complexity index is 567. The highest BCUT2D eigenvalue weighted by Crippen LogP contribution is 2.32. The van der Waals surface area contributed by atoms with Crippen LogP contribution in [0.25, 0.3) is 0 Å². The number of nitrogens with one attached hydrogen (secondary N) is 1. The lowest BCUT2D eigenvalue weighted by molar-refractivity contribution is -0.141. The van der Waals surface area contributed by atoms with Gasteiger partial charge in [0.05, 0.1) is 5.37 Å². The zero-order chi connectivity index (χ0) is 15.6. The van der Waals surface area contributed by atoms with Crippen molar-refractivity contribution >= 4 is 45.4 Å². The van der Waals surface area contributed by atoms with E-state index in [0.717, 1.165) is 16.5 Å². The van der Waals surface area contributed by atoms with Crippen LogP contribution in [0.1, 0.15) is 18.9 Å². The minimum Gasteiger partial charge on any atom is -0.480 e. The first-order valence-electron chi connectivity index (χ1n) is 6.64. The van der Waals surface area contributed by atoms with E-state index in [2.05, 4.69) is 21.2 Å². The quantitative estimate of drug-likeness (QED) is 0.851. The molecule has 114 valence electrons. The van der Waals surface area contributed by atoms with Crippen LogP contribution in [0, 0.1) is 6.92 Å². The van der Waals surface area contributed by atoms with Gasteiger partial charge in [0, 0.05) is 15.9 Å². The first kappa shape index (κ1) is 16.2. The molecule has 0 bridgehead atoms. The number of anilines is 1. The molecule has 2 atom stereocenters. The molecule has 1 heterocycles. The number of carboxylic acid groups (broad SMARTS) is 1. The Labute approximate surface area is 136 Å². The fourth-order valence-electron chi connectivity index (χ4n) is 2.29. The fraction of sp³-hybridized carbons (Fsp3) is 0.429. The molecular weight excluding hydrogens is 356 g/mol. The molecule has 0 aromatic heterocycles. The molecule has 2 rings (SSSR count). The molecular formula is C14H17BrN2O3S. The largest absolute Gasteiger partial charge is 0.480 e. The third-order valence-corrected chi connectivity index (χ3v) is 5.34. The molecule has 2 N–H and O–H groups in total. The summed E-state index contributed by atoms with van der Waals surface area (Å²) in [5.74, 6) is -0.526. The summed E-state index contributed by atoms with van der Waals surface area (Å²) in [4.78, 5) is 25.2. The molecule has 5 nitrogen and oxygen atoms in total. The summed E-state index contributed by atoms with van der Waals surface area (Å²) in [7, 11) is 0. The number of halogens is 1. The highest BCUT2D eigenvalue weighted by molar-refractivity contribution is 9.10. The number of hydrogen-bond acceptors (Lipinski definition) is 3. The first-order chi connectivity index (χ1) is 9.93. The second kappa shape index (κ2) is 6.70. The maximum absolute atomic E-state index is 12.5. The number of hydrogen-bond donors (Lipinski definition) is 2. The molecule has 7 heteroatoms. The third-order valence-electron chi connectivity index (χ3n) is 3.39. The highest BCUT2D eigenvalue weighted by Gasteiger charge is 2.40. The van der Waals surface area contributed by atoms with Gasteiger partial charge in [-0.05, 0) is 37.1 Å². The number of aliphatic carboxylic acids is 1. The minimum absolute atomic E-state index is 0.0955. The summed E-state index contributed by atoms with van der Waals surface area (Å²) >= 11 is 4.88. The maximum Gasteiger partial charge on any atom is 0.327 e. The summed E-state index contributed by atoms with van der Waals surface area (Å²) < 4.78 is 0.935. The molecule has 1 aromatic carbocycles. The summed E-state index contributed by atoms with van der Waals surface area (Å²) in [6.07, 6.45) is 0.723. The van der Waals surface area contributed by atoms with Crippen LogP contribution in [-0.4, -0.2) is 39.2 Å². The molecule has 2 unspecified atom stereocenters. The van der Waals surface area contributed by atoms with Crippen LogP contribution in [0.2, 0.25) is 0 Å². The van der Waals surface area contributed by atoms with Gasteiger partial charge in [0.1, 0.15) is 6.04 Å². The van der Waals surface area contributed by atoms with Gasteiger partial charge in [0.15, 0.2) is 0 Å². The van der Waals surface area contributed by atoms with Crippen molar-refractivity contribution in [3.8, 4) is 0 Å². The van der Waals surface area contributed by atoms with E-state index in [1.807, 2.05) is 26.0 Å². The number of carboxylic acids is 1. The lowest BCUT2D eigenvalue weighted by Gasteiger charge is -2.27. The number of thioether (sulfide) groups is 1. The van der Waals surface area contributed by atoms with Gasteiger partial charge in [-0.25, -0.2) is 9.59 Å². The van der Waals surface area contributed by atoms with Crippen molar-refractivity contribution in [2.75, 3.05) is 11.1 Å². The van der Waals surface area contributed by atoms with E-state index in [9.17, 15) is 14.7 Å². The molecule has 0 aliphatic carbocycles. The van der Waals surface area contributed by atoms with Gasteiger partial charge >= 0.3 is 12.0 Å². The van der Waals surface area contributed by atoms with Crippen LogP contribution in [0.15, 0.2) is 22.7 Å². The molecule has 0 radical (unpaired) electrons. The van der Waals surface area contributed by atoms with Crippen molar-refractivity contribution in [3.05, 3.63) is 28.2 Å². The Morgan fingerprint density at radius 1 is 1.52 bits per heavy atom. The van der Waals surface area contributed by atoms with Crippen molar-refractivity contribution < 1.29 is 14.7 Å². The molecule has 1 aliphatic rings. The molecule has 1 fully saturated rings. The van der Waals surface area contributed by atoms with Gasteiger partial charge in [0.25, 0.3) is 0 Å². The van der Waals surface area contributed by atoms with Crippen molar-refractivity contribution in [2.45, 2.75) is 31.7 Å². The Hall–Kier alpha value is -1.21. The van der Waals surface area contributed by atoms with Crippen molar-refractivity contribution in [1.82, 2.24) is 4.90 Å². The van der Waals surface area contributed by atoms with Crippen molar-refractivity contribution in [2.24, 2.45) is 0 Å². The summed E-state index contributed by atoms with van der Waals surface area (Å²) in [6.45, 7) is 3.85. The van der Waals surface area contributed by atoms with E-state index >= 15 is 0 Å². The maximum atomic E-state index is 12.5. The van der Waals surface area contributed by atoms with Crippen LogP contribution in [0.4, 0.5) is 10.5 Å². The summed E-state index contributed by atoms with van der Waals surface area (Å²) in [6, 6.07) is 4.42. The molecule has 1 aliphatic heterocycles. The average molecular weight is 373 g/mol. The number of carbonyl (C=O) groups is 2. The van der Waals surface area contributed by atoms with Gasteiger partial charge in [-0.2, -0.15) is 0 Å². The SMILES string of the molecule is CCC1SCC(C(=O)O)N1C(=O)Nc1ccc(Br)cc1C. The number of aryl methyl sites for hydroxylation is 1. The van der Waals surface area contributed by atoms with Gasteiger partial charge in [-0.3, -0.25) is 4.90 Å². The Morgan fingerprint density at radius 3 is 2.81 bits per heavy atom. The monoisotopic (exact) mass is 372 g/mol. The molecule has 2 amide bonds. The number of carbonyl (C=O) groups excluding carboxylic acids is 1. The topological polar surface area (TPSA) is 69.6 Å². The number of benzene rings is 1. The van der Waals surface area contributed by atoms with E-state index in [4.69, 9.17) is 0 Å². The number of urea groups is 1. The predicted molar refractivity (Wildman–Crippen MR) is 87.7 cm³/mol. The second-order valence-corrected chi connectivity index (χ2v) is 6.97. The van der Waals surface area contributed by atoms with E-state index in [1.165, 1.54) is 16.7 Å². The molecule has 0 spiro atoms. The zero-order valence-corrected chi connectivity index (χ0v) is 14.2. The molecule has 1 saturated heterocycles. The van der Waals surface area contributed by atoms with Crippen molar-refractivity contribution in [1.29, 1.82) is 0 Å². The Balaban J connectivity index is 2.18. The van der Waals surface area contributed by atoms with Crippen molar-refractivity contribution in [3.63, 3.8) is 0 Å². The first-order valence-corrected chi connectivity index (χ1v) is 8.48. The lowest BCUT2D eigenvalue weighted by atomic mass is 10.2. The highest BCUT2D eigenvalue weighted by atomic mass is 79.9. The lowest BCUT2D eigenvalue weighted by Crippen LogP contribution is -2.47. The average Bonchev–Trinajstić information content (AvgIpc) is 2.86. The van der Waals surface area contributed by atoms with Crippen LogP contribution < -0.4 is 5.32 Å².